The van der Waals surface area contributed by atoms with E-state index < -0.39 is 11.6 Å². The van der Waals surface area contributed by atoms with E-state index in [2.05, 4.69) is 22.1 Å². The third-order valence-electron chi connectivity index (χ3n) is 6.14. The molecule has 0 radical (unpaired) electrons. The van der Waals surface area contributed by atoms with E-state index in [1.807, 2.05) is 7.05 Å². The van der Waals surface area contributed by atoms with E-state index in [1.165, 1.54) is 13.0 Å². The lowest BCUT2D eigenvalue weighted by Gasteiger charge is -2.28. The molecule has 0 spiro atoms. The molecule has 2 aliphatic rings. The van der Waals surface area contributed by atoms with Crippen LogP contribution in [-0.4, -0.2) is 27.7 Å². The zero-order valence-corrected chi connectivity index (χ0v) is 17.8. The van der Waals surface area contributed by atoms with Crippen LogP contribution in [0.3, 0.4) is 0 Å². The van der Waals surface area contributed by atoms with E-state index in [0.717, 1.165) is 16.5 Å². The highest BCUT2D eigenvalue weighted by atomic mass is 19.1. The second-order valence-corrected chi connectivity index (χ2v) is 8.04. The van der Waals surface area contributed by atoms with Crippen molar-refractivity contribution >= 4 is 16.9 Å². The molecule has 1 atom stereocenters. The number of aryl methyl sites for hydroxylation is 1. The summed E-state index contributed by atoms with van der Waals surface area (Å²) < 4.78 is 20.9. The van der Waals surface area contributed by atoms with E-state index in [9.17, 15) is 19.1 Å². The molecule has 32 heavy (non-hydrogen) atoms. The van der Waals surface area contributed by atoms with Gasteiger partial charge < -0.3 is 19.7 Å². The Bertz CT molecular complexity index is 1460. The summed E-state index contributed by atoms with van der Waals surface area (Å²) in [7, 11) is 1.81. The maximum Gasteiger partial charge on any atom is 0.356 e. The number of hydrogen-bond donors (Lipinski definition) is 2. The van der Waals surface area contributed by atoms with Gasteiger partial charge in [0.1, 0.15) is 12.4 Å². The standard InChI is InChI=1S/C24H20FN3O4/c1-4-5-24(31)17-7-20-21-15(10-28(20)22(29)16(17)11-32-23(24)30)14(9-26-3)13-6-12(2)18(25)8-19(13)27-21/h6-8,26,31H,9-11H2,1-3H3/t24-/m0/s1. The van der Waals surface area contributed by atoms with Crippen LogP contribution in [-0.2, 0) is 34.8 Å². The van der Waals surface area contributed by atoms with Gasteiger partial charge in [-0.15, -0.1) is 5.92 Å². The molecule has 5 rings (SSSR count). The van der Waals surface area contributed by atoms with Crippen molar-refractivity contribution in [3.63, 3.8) is 0 Å². The van der Waals surface area contributed by atoms with Crippen LogP contribution in [0.1, 0.15) is 34.7 Å². The van der Waals surface area contributed by atoms with E-state index in [-0.39, 0.29) is 35.7 Å². The van der Waals surface area contributed by atoms with Crippen LogP contribution in [0.2, 0.25) is 0 Å². The Morgan fingerprint density at radius 3 is 2.81 bits per heavy atom. The Morgan fingerprint density at radius 1 is 1.31 bits per heavy atom. The van der Waals surface area contributed by atoms with E-state index in [1.54, 1.807) is 23.6 Å². The van der Waals surface area contributed by atoms with Crippen molar-refractivity contribution in [3.05, 3.63) is 62.2 Å². The topological polar surface area (TPSA) is 93.5 Å². The molecule has 4 heterocycles. The van der Waals surface area contributed by atoms with Crippen LogP contribution >= 0.6 is 0 Å². The lowest BCUT2D eigenvalue weighted by molar-refractivity contribution is -0.164. The van der Waals surface area contributed by atoms with Crippen molar-refractivity contribution in [1.29, 1.82) is 0 Å². The number of pyridine rings is 2. The normalized spacial score (nSPS) is 18.5. The lowest BCUT2D eigenvalue weighted by Crippen LogP contribution is -2.43. The number of nitrogens with zero attached hydrogens (tertiary/aromatic N) is 2. The Hall–Kier alpha value is -3.54. The molecular weight excluding hydrogens is 413 g/mol. The van der Waals surface area contributed by atoms with E-state index in [4.69, 9.17) is 4.74 Å². The molecule has 2 aromatic heterocycles. The number of carbonyl (C=O) groups is 1. The predicted octanol–water partition coefficient (Wildman–Crippen LogP) is 1.86. The van der Waals surface area contributed by atoms with Gasteiger partial charge in [0.2, 0.25) is 0 Å². The summed E-state index contributed by atoms with van der Waals surface area (Å²) in [5.74, 6) is 3.75. The number of benzene rings is 1. The molecule has 0 saturated heterocycles. The summed E-state index contributed by atoms with van der Waals surface area (Å²) in [4.78, 5) is 30.4. The summed E-state index contributed by atoms with van der Waals surface area (Å²) in [6, 6.07) is 4.74. The molecule has 7 nitrogen and oxygen atoms in total. The minimum atomic E-state index is -2.23. The summed E-state index contributed by atoms with van der Waals surface area (Å²) >= 11 is 0. The number of cyclic esters (lactones) is 1. The number of nitrogens with one attached hydrogen (secondary N) is 1. The summed E-state index contributed by atoms with van der Waals surface area (Å²) in [6.07, 6.45) is 0. The first-order valence-electron chi connectivity index (χ1n) is 10.2. The molecule has 162 valence electrons. The Balaban J connectivity index is 1.84. The average Bonchev–Trinajstić information content (AvgIpc) is 3.12. The summed E-state index contributed by atoms with van der Waals surface area (Å²) in [5, 5.41) is 15.0. The second-order valence-electron chi connectivity index (χ2n) is 8.04. The quantitative estimate of drug-likeness (QED) is 0.370. The molecular formula is C24H20FN3O4. The Morgan fingerprint density at radius 2 is 2.09 bits per heavy atom. The van der Waals surface area contributed by atoms with Crippen molar-refractivity contribution in [1.82, 2.24) is 14.9 Å². The van der Waals surface area contributed by atoms with Crippen LogP contribution in [0.5, 0.6) is 0 Å². The van der Waals surface area contributed by atoms with Crippen molar-refractivity contribution in [3.8, 4) is 23.2 Å². The molecule has 1 aromatic carbocycles. The smallest absolute Gasteiger partial charge is 0.356 e. The van der Waals surface area contributed by atoms with Crippen LogP contribution in [0.4, 0.5) is 4.39 Å². The van der Waals surface area contributed by atoms with Gasteiger partial charge in [0.15, 0.2) is 0 Å². The van der Waals surface area contributed by atoms with Crippen LogP contribution < -0.4 is 10.9 Å². The highest BCUT2D eigenvalue weighted by molar-refractivity contribution is 5.90. The first-order valence-corrected chi connectivity index (χ1v) is 10.2. The van der Waals surface area contributed by atoms with Crippen LogP contribution in [0, 0.1) is 24.6 Å². The fourth-order valence-electron chi connectivity index (χ4n) is 4.57. The molecule has 0 bridgehead atoms. The number of esters is 1. The number of hydrogen-bond acceptors (Lipinski definition) is 6. The third kappa shape index (κ3) is 2.65. The van der Waals surface area contributed by atoms with Crippen molar-refractivity contribution in [2.75, 3.05) is 7.05 Å². The molecule has 2 aliphatic heterocycles. The molecule has 0 amide bonds. The van der Waals surface area contributed by atoms with E-state index in [0.29, 0.717) is 29.0 Å². The fraction of sp³-hybridized carbons (Fsp3) is 0.292. The highest BCUT2D eigenvalue weighted by Crippen LogP contribution is 2.39. The first-order chi connectivity index (χ1) is 15.3. The lowest BCUT2D eigenvalue weighted by atomic mass is 9.88. The number of rotatable bonds is 2. The van der Waals surface area contributed by atoms with Gasteiger partial charge >= 0.3 is 5.97 Å². The number of aliphatic hydroxyl groups is 1. The molecule has 0 unspecified atom stereocenters. The zero-order valence-electron chi connectivity index (χ0n) is 17.8. The molecule has 0 saturated carbocycles. The van der Waals surface area contributed by atoms with Gasteiger partial charge in [-0.25, -0.2) is 14.2 Å². The van der Waals surface area contributed by atoms with Crippen LogP contribution in [0.25, 0.3) is 22.3 Å². The fourth-order valence-corrected chi connectivity index (χ4v) is 4.57. The van der Waals surface area contributed by atoms with Gasteiger partial charge in [0.05, 0.1) is 29.0 Å². The number of halogens is 1. The largest absolute Gasteiger partial charge is 0.457 e. The number of fused-ring (bicyclic) bond motifs is 5. The average molecular weight is 433 g/mol. The highest BCUT2D eigenvalue weighted by Gasteiger charge is 2.46. The van der Waals surface area contributed by atoms with E-state index >= 15 is 0 Å². The first kappa shape index (κ1) is 20.4. The molecule has 3 aromatic rings. The molecule has 0 fully saturated rings. The molecule has 8 heteroatoms. The predicted molar refractivity (Wildman–Crippen MR) is 115 cm³/mol. The maximum atomic E-state index is 14.3. The van der Waals surface area contributed by atoms with Gasteiger partial charge in [-0.2, -0.15) is 0 Å². The van der Waals surface area contributed by atoms with Crippen LogP contribution in [0.15, 0.2) is 23.0 Å². The van der Waals surface area contributed by atoms with Crippen molar-refractivity contribution in [2.45, 2.75) is 39.1 Å². The number of aromatic nitrogens is 2. The molecule has 0 aliphatic carbocycles. The van der Waals surface area contributed by atoms with Gasteiger partial charge in [-0.05, 0) is 44.2 Å². The monoisotopic (exact) mass is 433 g/mol. The van der Waals surface area contributed by atoms with Gasteiger partial charge in [0, 0.05) is 29.1 Å². The van der Waals surface area contributed by atoms with Crippen molar-refractivity contribution < 1.29 is 19.0 Å². The zero-order chi connectivity index (χ0) is 22.8. The second kappa shape index (κ2) is 6.99. The Labute approximate surface area is 182 Å². The summed E-state index contributed by atoms with van der Waals surface area (Å²) in [5.41, 5.74) is 1.42. The number of carbonyl (C=O) groups excluding carboxylic acids is 1. The van der Waals surface area contributed by atoms with Gasteiger partial charge in [-0.1, -0.05) is 5.92 Å². The summed E-state index contributed by atoms with van der Waals surface area (Å²) in [6.45, 7) is 3.73. The van der Waals surface area contributed by atoms with Crippen molar-refractivity contribution in [2.24, 2.45) is 0 Å². The SMILES string of the molecule is CC#C[C@@]1(O)C(=O)OCc2c1cc1n(c2=O)Cc2c-1nc1cc(F)c(C)cc1c2CNC. The minimum absolute atomic E-state index is 0.111. The Kier molecular flexibility index (Phi) is 4.45. The maximum absolute atomic E-state index is 14.3. The minimum Gasteiger partial charge on any atom is -0.457 e. The van der Waals surface area contributed by atoms with Gasteiger partial charge in [-0.3, -0.25) is 4.79 Å². The third-order valence-corrected chi connectivity index (χ3v) is 6.14. The van der Waals surface area contributed by atoms with Gasteiger partial charge in [0.25, 0.3) is 11.2 Å². The number of ether oxygens (including phenoxy) is 1. The molecule has 2 N–H and O–H groups in total.